The summed E-state index contributed by atoms with van der Waals surface area (Å²) < 4.78 is 5.18. The van der Waals surface area contributed by atoms with Crippen LogP contribution in [0.5, 0.6) is 5.75 Å². The predicted octanol–water partition coefficient (Wildman–Crippen LogP) is 3.71. The lowest BCUT2D eigenvalue weighted by Crippen LogP contribution is -2.43. The van der Waals surface area contributed by atoms with Gasteiger partial charge in [-0.05, 0) is 55.2 Å². The molecule has 1 heterocycles. The van der Waals surface area contributed by atoms with Crippen molar-refractivity contribution in [2.24, 2.45) is 0 Å². The van der Waals surface area contributed by atoms with E-state index >= 15 is 0 Å². The third-order valence-corrected chi connectivity index (χ3v) is 5.51. The van der Waals surface area contributed by atoms with Crippen molar-refractivity contribution < 1.29 is 14.3 Å². The van der Waals surface area contributed by atoms with Crippen molar-refractivity contribution in [2.45, 2.75) is 31.7 Å². The number of piperidine rings is 1. The molecule has 6 nitrogen and oxygen atoms in total. The largest absolute Gasteiger partial charge is 0.497 e. The second kappa shape index (κ2) is 9.45. The Morgan fingerprint density at radius 1 is 1.17 bits per heavy atom. The predicted molar refractivity (Wildman–Crippen MR) is 113 cm³/mol. The molecular formula is C23H29N3O3. The van der Waals surface area contributed by atoms with E-state index in [0.29, 0.717) is 12.1 Å². The molecule has 2 atom stereocenters. The van der Waals surface area contributed by atoms with E-state index in [1.165, 1.54) is 0 Å². The average Bonchev–Trinajstić information content (AvgIpc) is 2.78. The van der Waals surface area contributed by atoms with Gasteiger partial charge in [-0.1, -0.05) is 24.3 Å². The number of carbonyl (C=O) groups excluding carboxylic acids is 2. The van der Waals surface area contributed by atoms with Crippen LogP contribution in [0.1, 0.15) is 53.2 Å². The van der Waals surface area contributed by atoms with Gasteiger partial charge in [0.25, 0.3) is 5.91 Å². The molecule has 0 aliphatic carbocycles. The number of urea groups is 1. The molecule has 0 radical (unpaired) electrons. The molecule has 1 fully saturated rings. The maximum absolute atomic E-state index is 12.8. The second-order valence-corrected chi connectivity index (χ2v) is 7.43. The van der Waals surface area contributed by atoms with E-state index < -0.39 is 0 Å². The van der Waals surface area contributed by atoms with E-state index in [1.54, 1.807) is 14.2 Å². The summed E-state index contributed by atoms with van der Waals surface area (Å²) in [6.45, 7) is 3.41. The van der Waals surface area contributed by atoms with Crippen molar-refractivity contribution in [3.8, 4) is 5.75 Å². The van der Waals surface area contributed by atoms with Crippen molar-refractivity contribution in [1.82, 2.24) is 15.5 Å². The highest BCUT2D eigenvalue weighted by Gasteiger charge is 2.24. The van der Waals surface area contributed by atoms with Gasteiger partial charge < -0.3 is 20.3 Å². The number of methoxy groups -OCH3 is 1. The molecule has 0 aromatic heterocycles. The third kappa shape index (κ3) is 5.08. The van der Waals surface area contributed by atoms with E-state index in [0.717, 1.165) is 36.3 Å². The van der Waals surface area contributed by atoms with Crippen molar-refractivity contribution in [3.63, 3.8) is 0 Å². The van der Waals surface area contributed by atoms with Crippen molar-refractivity contribution in [3.05, 3.63) is 65.2 Å². The van der Waals surface area contributed by atoms with Gasteiger partial charge in [0.1, 0.15) is 5.75 Å². The van der Waals surface area contributed by atoms with E-state index in [-0.39, 0.29) is 23.9 Å². The van der Waals surface area contributed by atoms with Gasteiger partial charge in [0.15, 0.2) is 0 Å². The number of ether oxygens (including phenoxy) is 1. The molecule has 0 saturated carbocycles. The summed E-state index contributed by atoms with van der Waals surface area (Å²) in [5.41, 5.74) is 2.76. The number of carbonyl (C=O) groups is 2. The Labute approximate surface area is 172 Å². The molecule has 0 unspecified atom stereocenters. The zero-order valence-electron chi connectivity index (χ0n) is 17.3. The third-order valence-electron chi connectivity index (χ3n) is 5.51. The van der Waals surface area contributed by atoms with Crippen LogP contribution in [0.4, 0.5) is 4.79 Å². The summed E-state index contributed by atoms with van der Waals surface area (Å²) in [6, 6.07) is 15.3. The van der Waals surface area contributed by atoms with Crippen molar-refractivity contribution in [1.29, 1.82) is 0 Å². The van der Waals surface area contributed by atoms with Crippen molar-refractivity contribution in [2.75, 3.05) is 27.2 Å². The van der Waals surface area contributed by atoms with Gasteiger partial charge in [0, 0.05) is 31.6 Å². The van der Waals surface area contributed by atoms with Crippen LogP contribution in [0.3, 0.4) is 0 Å². The molecule has 2 aromatic rings. The molecular weight excluding hydrogens is 366 g/mol. The number of benzene rings is 2. The van der Waals surface area contributed by atoms with E-state index in [2.05, 4.69) is 10.6 Å². The highest BCUT2D eigenvalue weighted by Crippen LogP contribution is 2.27. The maximum Gasteiger partial charge on any atom is 0.317 e. The number of nitrogens with zero attached hydrogens (tertiary/aromatic N) is 1. The number of rotatable bonds is 5. The lowest BCUT2D eigenvalue weighted by atomic mass is 9.89. The maximum atomic E-state index is 12.8. The summed E-state index contributed by atoms with van der Waals surface area (Å²) in [7, 11) is 3.29. The Morgan fingerprint density at radius 2 is 1.93 bits per heavy atom. The highest BCUT2D eigenvalue weighted by molar-refractivity contribution is 5.94. The Hall–Kier alpha value is -3.02. The molecule has 0 spiro atoms. The van der Waals surface area contributed by atoms with Crippen LogP contribution in [0.2, 0.25) is 0 Å². The smallest absolute Gasteiger partial charge is 0.317 e. The van der Waals surface area contributed by atoms with Gasteiger partial charge in [0.05, 0.1) is 13.2 Å². The topological polar surface area (TPSA) is 70.7 Å². The first-order valence-corrected chi connectivity index (χ1v) is 10.0. The Kier molecular flexibility index (Phi) is 6.75. The minimum Gasteiger partial charge on any atom is -0.497 e. The average molecular weight is 396 g/mol. The molecule has 1 aliphatic heterocycles. The minimum absolute atomic E-state index is 0.0445. The molecule has 3 rings (SSSR count). The van der Waals surface area contributed by atoms with Gasteiger partial charge in [-0.3, -0.25) is 4.79 Å². The summed E-state index contributed by atoms with van der Waals surface area (Å²) in [4.78, 5) is 26.6. The molecule has 154 valence electrons. The van der Waals surface area contributed by atoms with Crippen LogP contribution in [0.25, 0.3) is 0 Å². The van der Waals surface area contributed by atoms with Gasteiger partial charge in [0.2, 0.25) is 0 Å². The molecule has 2 aromatic carbocycles. The quantitative estimate of drug-likeness (QED) is 0.811. The number of hydrogen-bond donors (Lipinski definition) is 2. The Morgan fingerprint density at radius 3 is 2.62 bits per heavy atom. The van der Waals surface area contributed by atoms with E-state index in [9.17, 15) is 9.59 Å². The molecule has 2 N–H and O–H groups in total. The highest BCUT2D eigenvalue weighted by atomic mass is 16.5. The first kappa shape index (κ1) is 20.7. The molecule has 29 heavy (non-hydrogen) atoms. The van der Waals surface area contributed by atoms with Crippen LogP contribution in [0, 0.1) is 0 Å². The zero-order chi connectivity index (χ0) is 20.8. The lowest BCUT2D eigenvalue weighted by molar-refractivity contribution is 0.0939. The standard InChI is InChI=1S/C23H29N3O3/c1-16(17-9-11-21(29-3)12-10-17)25-22(27)19-7-4-6-18(14-19)20-8-5-13-26(15-20)23(28)24-2/h4,6-7,9-12,14,16,20H,5,8,13,15H2,1-3H3,(H,24,28)(H,25,27)/t16-,20+/m0/s1. The summed E-state index contributed by atoms with van der Waals surface area (Å²) in [5.74, 6) is 0.931. The normalized spacial score (nSPS) is 17.3. The number of likely N-dealkylation sites (tertiary alicyclic amines) is 1. The fraction of sp³-hybridized carbons (Fsp3) is 0.391. The monoisotopic (exact) mass is 395 g/mol. The summed E-state index contributed by atoms with van der Waals surface area (Å²) in [5, 5.41) is 5.76. The molecule has 6 heteroatoms. The molecule has 3 amide bonds. The van der Waals surface area contributed by atoms with Crippen LogP contribution in [-0.4, -0.2) is 44.1 Å². The van der Waals surface area contributed by atoms with Crippen molar-refractivity contribution >= 4 is 11.9 Å². The van der Waals surface area contributed by atoms with E-state index in [1.807, 2.05) is 60.4 Å². The van der Waals surface area contributed by atoms with Gasteiger partial charge >= 0.3 is 6.03 Å². The molecule has 0 bridgehead atoms. The van der Waals surface area contributed by atoms with Crippen LogP contribution in [-0.2, 0) is 0 Å². The van der Waals surface area contributed by atoms with Crippen LogP contribution >= 0.6 is 0 Å². The summed E-state index contributed by atoms with van der Waals surface area (Å²) in [6.07, 6.45) is 1.98. The summed E-state index contributed by atoms with van der Waals surface area (Å²) >= 11 is 0. The fourth-order valence-corrected chi connectivity index (χ4v) is 3.78. The van der Waals surface area contributed by atoms with Gasteiger partial charge in [-0.25, -0.2) is 4.79 Å². The second-order valence-electron chi connectivity index (χ2n) is 7.43. The fourth-order valence-electron chi connectivity index (χ4n) is 3.78. The van der Waals surface area contributed by atoms with Crippen LogP contribution in [0.15, 0.2) is 48.5 Å². The van der Waals surface area contributed by atoms with Gasteiger partial charge in [-0.2, -0.15) is 0 Å². The number of nitrogens with one attached hydrogen (secondary N) is 2. The lowest BCUT2D eigenvalue weighted by Gasteiger charge is -2.32. The first-order chi connectivity index (χ1) is 14.0. The zero-order valence-corrected chi connectivity index (χ0v) is 17.3. The Bertz CT molecular complexity index is 851. The first-order valence-electron chi connectivity index (χ1n) is 10.0. The SMILES string of the molecule is CNC(=O)N1CCC[C@@H](c2cccc(C(=O)N[C@@H](C)c3ccc(OC)cc3)c2)C1. The molecule has 1 aliphatic rings. The number of hydrogen-bond acceptors (Lipinski definition) is 3. The molecule has 1 saturated heterocycles. The van der Waals surface area contributed by atoms with E-state index in [4.69, 9.17) is 4.74 Å². The van der Waals surface area contributed by atoms with Gasteiger partial charge in [-0.15, -0.1) is 0 Å². The van der Waals surface area contributed by atoms with Crippen LogP contribution < -0.4 is 15.4 Å². The number of amides is 3. The Balaban J connectivity index is 1.68. The minimum atomic E-state index is -0.115.